The molecule has 2 atom stereocenters. The Balaban J connectivity index is 1.72. The third kappa shape index (κ3) is 2.35. The van der Waals surface area contributed by atoms with E-state index in [1.54, 1.807) is 11.8 Å². The monoisotopic (exact) mass is 274 g/mol. The first kappa shape index (κ1) is 12.2. The van der Waals surface area contributed by atoms with Crippen LogP contribution in [0.15, 0.2) is 35.5 Å². The third-order valence-electron chi connectivity index (χ3n) is 3.22. The second-order valence-electron chi connectivity index (χ2n) is 4.50. The molecule has 6 heteroatoms. The molecule has 1 aliphatic rings. The fraction of sp³-hybridized carbons (Fsp3) is 0.308. The minimum atomic E-state index is -0.159. The molecule has 0 bridgehead atoms. The Bertz CT molecular complexity index is 584. The van der Waals surface area contributed by atoms with Gasteiger partial charge in [-0.05, 0) is 18.6 Å². The highest BCUT2D eigenvalue weighted by Gasteiger charge is 2.29. The summed E-state index contributed by atoms with van der Waals surface area (Å²) >= 11 is 1.73. The van der Waals surface area contributed by atoms with Crippen molar-refractivity contribution >= 4 is 17.7 Å². The molecule has 0 spiro atoms. The lowest BCUT2D eigenvalue weighted by molar-refractivity contribution is -0.122. The Hall–Kier alpha value is -1.82. The fourth-order valence-corrected chi connectivity index (χ4v) is 3.41. The average Bonchev–Trinajstić information content (AvgIpc) is 3.08. The molecule has 2 unspecified atom stereocenters. The van der Waals surface area contributed by atoms with E-state index in [1.165, 1.54) is 11.2 Å². The maximum atomic E-state index is 12.3. The summed E-state index contributed by atoms with van der Waals surface area (Å²) in [6.45, 7) is 1.90. The number of thioether (sulfide) groups is 1. The lowest BCUT2D eigenvalue weighted by atomic mass is 10.0. The summed E-state index contributed by atoms with van der Waals surface area (Å²) < 4.78 is 0. The molecule has 98 valence electrons. The van der Waals surface area contributed by atoms with E-state index in [1.807, 2.05) is 25.1 Å². The summed E-state index contributed by atoms with van der Waals surface area (Å²) in [7, 11) is 0. The minimum absolute atomic E-state index is 0.0429. The number of carbonyl (C=O) groups excluding carboxylic acids is 1. The molecule has 1 aromatic carbocycles. The highest BCUT2D eigenvalue weighted by Crippen LogP contribution is 2.39. The Morgan fingerprint density at radius 1 is 1.53 bits per heavy atom. The van der Waals surface area contributed by atoms with Crippen molar-refractivity contribution in [2.24, 2.45) is 0 Å². The second kappa shape index (κ2) is 5.05. The van der Waals surface area contributed by atoms with Crippen LogP contribution in [0.5, 0.6) is 0 Å². The van der Waals surface area contributed by atoms with Gasteiger partial charge in [-0.2, -0.15) is 5.10 Å². The second-order valence-corrected chi connectivity index (χ2v) is 5.56. The number of benzene rings is 1. The topological polar surface area (TPSA) is 70.7 Å². The summed E-state index contributed by atoms with van der Waals surface area (Å²) in [6.07, 6.45) is 1.44. The number of H-pyrrole nitrogens is 1. The number of amides is 1. The van der Waals surface area contributed by atoms with Crippen molar-refractivity contribution in [1.82, 2.24) is 20.5 Å². The first-order valence-electron chi connectivity index (χ1n) is 6.13. The SMILES string of the molecule is CC(NC(=O)C1CSc2ccccc21)c1ncn[nH]1. The van der Waals surface area contributed by atoms with Gasteiger partial charge in [-0.15, -0.1) is 11.8 Å². The van der Waals surface area contributed by atoms with Crippen LogP contribution in [-0.4, -0.2) is 26.8 Å². The summed E-state index contributed by atoms with van der Waals surface area (Å²) in [4.78, 5) is 17.6. The Labute approximate surface area is 115 Å². The molecular formula is C13H14N4OS. The first-order chi connectivity index (χ1) is 9.25. The molecule has 0 radical (unpaired) electrons. The zero-order valence-corrected chi connectivity index (χ0v) is 11.3. The number of nitrogens with zero attached hydrogens (tertiary/aromatic N) is 2. The average molecular weight is 274 g/mol. The predicted octanol–water partition coefficient (Wildman–Crippen LogP) is 1.87. The van der Waals surface area contributed by atoms with Crippen molar-refractivity contribution in [1.29, 1.82) is 0 Å². The van der Waals surface area contributed by atoms with Crippen LogP contribution in [-0.2, 0) is 4.79 Å². The van der Waals surface area contributed by atoms with Gasteiger partial charge in [0, 0.05) is 10.6 Å². The van der Waals surface area contributed by atoms with Crippen molar-refractivity contribution in [2.75, 3.05) is 5.75 Å². The van der Waals surface area contributed by atoms with Crippen LogP contribution in [0.25, 0.3) is 0 Å². The van der Waals surface area contributed by atoms with Gasteiger partial charge < -0.3 is 5.32 Å². The Morgan fingerprint density at radius 2 is 2.37 bits per heavy atom. The zero-order valence-electron chi connectivity index (χ0n) is 10.5. The van der Waals surface area contributed by atoms with Gasteiger partial charge in [-0.25, -0.2) is 4.98 Å². The van der Waals surface area contributed by atoms with Crippen LogP contribution >= 0.6 is 11.8 Å². The van der Waals surface area contributed by atoms with Gasteiger partial charge in [0.1, 0.15) is 12.2 Å². The van der Waals surface area contributed by atoms with Crippen LogP contribution in [0.1, 0.15) is 30.3 Å². The van der Waals surface area contributed by atoms with E-state index in [4.69, 9.17) is 0 Å². The normalized spacial score (nSPS) is 18.9. The van der Waals surface area contributed by atoms with Gasteiger partial charge in [-0.3, -0.25) is 9.89 Å². The number of carbonyl (C=O) groups is 1. The van der Waals surface area contributed by atoms with E-state index in [-0.39, 0.29) is 17.9 Å². The molecule has 2 heterocycles. The standard InChI is InChI=1S/C13H14N4OS/c1-8(12-14-7-15-17-12)16-13(18)10-6-19-11-5-3-2-4-9(10)11/h2-5,7-8,10H,6H2,1H3,(H,16,18)(H,14,15,17). The number of hydrogen-bond acceptors (Lipinski definition) is 4. The van der Waals surface area contributed by atoms with Crippen LogP contribution in [0.4, 0.5) is 0 Å². The number of hydrogen-bond donors (Lipinski definition) is 2. The molecule has 19 heavy (non-hydrogen) atoms. The van der Waals surface area contributed by atoms with Gasteiger partial charge in [-0.1, -0.05) is 18.2 Å². The highest BCUT2D eigenvalue weighted by atomic mass is 32.2. The zero-order chi connectivity index (χ0) is 13.2. The molecule has 0 saturated heterocycles. The van der Waals surface area contributed by atoms with E-state index >= 15 is 0 Å². The van der Waals surface area contributed by atoms with Crippen LogP contribution in [0, 0.1) is 0 Å². The number of rotatable bonds is 3. The molecule has 0 fully saturated rings. The molecule has 0 saturated carbocycles. The Kier molecular flexibility index (Phi) is 3.25. The van der Waals surface area contributed by atoms with Gasteiger partial charge in [0.25, 0.3) is 0 Å². The summed E-state index contributed by atoms with van der Waals surface area (Å²) in [5, 5.41) is 9.54. The van der Waals surface area contributed by atoms with Crippen molar-refractivity contribution < 1.29 is 4.79 Å². The molecule has 2 N–H and O–H groups in total. The maximum absolute atomic E-state index is 12.3. The quantitative estimate of drug-likeness (QED) is 0.896. The molecule has 1 amide bonds. The van der Waals surface area contributed by atoms with E-state index < -0.39 is 0 Å². The maximum Gasteiger partial charge on any atom is 0.229 e. The van der Waals surface area contributed by atoms with Gasteiger partial charge in [0.15, 0.2) is 0 Å². The van der Waals surface area contributed by atoms with Crippen molar-refractivity contribution in [3.8, 4) is 0 Å². The van der Waals surface area contributed by atoms with Gasteiger partial charge in [0.05, 0.1) is 12.0 Å². The van der Waals surface area contributed by atoms with Crippen LogP contribution in [0.3, 0.4) is 0 Å². The highest BCUT2D eigenvalue weighted by molar-refractivity contribution is 7.99. The molecule has 0 aliphatic carbocycles. The van der Waals surface area contributed by atoms with Crippen molar-refractivity contribution in [3.63, 3.8) is 0 Å². The van der Waals surface area contributed by atoms with Crippen LogP contribution in [0.2, 0.25) is 0 Å². The van der Waals surface area contributed by atoms with Gasteiger partial charge in [0.2, 0.25) is 5.91 Å². The predicted molar refractivity (Wildman–Crippen MR) is 72.8 cm³/mol. The largest absolute Gasteiger partial charge is 0.346 e. The summed E-state index contributed by atoms with van der Waals surface area (Å²) in [5.74, 6) is 1.44. The molecule has 3 rings (SSSR count). The van der Waals surface area contributed by atoms with Crippen LogP contribution < -0.4 is 5.32 Å². The molecule has 1 aliphatic heterocycles. The first-order valence-corrected chi connectivity index (χ1v) is 7.11. The molecular weight excluding hydrogens is 260 g/mol. The van der Waals surface area contributed by atoms with Crippen molar-refractivity contribution in [2.45, 2.75) is 23.8 Å². The minimum Gasteiger partial charge on any atom is -0.346 e. The van der Waals surface area contributed by atoms with E-state index in [0.29, 0.717) is 5.82 Å². The number of aromatic nitrogens is 3. The number of aromatic amines is 1. The molecule has 1 aromatic heterocycles. The van der Waals surface area contributed by atoms with E-state index in [9.17, 15) is 4.79 Å². The number of nitrogens with one attached hydrogen (secondary N) is 2. The Morgan fingerprint density at radius 3 is 3.16 bits per heavy atom. The lowest BCUT2D eigenvalue weighted by Gasteiger charge is -2.15. The molecule has 5 nitrogen and oxygen atoms in total. The lowest BCUT2D eigenvalue weighted by Crippen LogP contribution is -2.32. The fourth-order valence-electron chi connectivity index (χ4n) is 2.19. The van der Waals surface area contributed by atoms with E-state index in [2.05, 4.69) is 26.6 Å². The number of fused-ring (bicyclic) bond motifs is 1. The summed E-state index contributed by atoms with van der Waals surface area (Å²) in [5.41, 5.74) is 1.12. The third-order valence-corrected chi connectivity index (χ3v) is 4.40. The van der Waals surface area contributed by atoms with Gasteiger partial charge >= 0.3 is 0 Å². The van der Waals surface area contributed by atoms with E-state index in [0.717, 1.165) is 11.3 Å². The smallest absolute Gasteiger partial charge is 0.229 e. The molecule has 2 aromatic rings. The van der Waals surface area contributed by atoms with Crippen molar-refractivity contribution in [3.05, 3.63) is 42.0 Å². The summed E-state index contributed by atoms with van der Waals surface area (Å²) in [6, 6.07) is 7.91.